The van der Waals surface area contributed by atoms with E-state index in [4.69, 9.17) is 9.72 Å². The smallest absolute Gasteiger partial charge is 0.233 e. The fraction of sp³-hybridized carbons (Fsp3) is 0.385. The van der Waals surface area contributed by atoms with Crippen molar-refractivity contribution in [3.05, 3.63) is 72.1 Å². The second-order valence-electron chi connectivity index (χ2n) is 8.83. The molecule has 0 spiro atoms. The second-order valence-corrected chi connectivity index (χ2v) is 8.83. The molecule has 5 rings (SSSR count). The molecule has 3 aromatic rings. The quantitative estimate of drug-likeness (QED) is 0.606. The number of carbonyl (C=O) groups is 1. The van der Waals surface area contributed by atoms with Crippen LogP contribution in [0.25, 0.3) is 11.1 Å². The van der Waals surface area contributed by atoms with E-state index < -0.39 is 0 Å². The van der Waals surface area contributed by atoms with E-state index in [1.165, 1.54) is 0 Å². The topological polar surface area (TPSA) is 68.2 Å². The van der Waals surface area contributed by atoms with Crippen molar-refractivity contribution in [2.45, 2.75) is 43.9 Å². The monoisotopic (exact) mass is 428 g/mol. The van der Waals surface area contributed by atoms with Gasteiger partial charge in [-0.05, 0) is 68.0 Å². The van der Waals surface area contributed by atoms with Crippen LogP contribution < -0.4 is 4.74 Å². The first kappa shape index (κ1) is 20.6. The minimum Gasteiger partial charge on any atom is -0.497 e. The summed E-state index contributed by atoms with van der Waals surface area (Å²) in [6.07, 6.45) is 9.21. The molecule has 1 saturated heterocycles. The van der Waals surface area contributed by atoms with Gasteiger partial charge in [-0.3, -0.25) is 9.78 Å². The Kier molecular flexibility index (Phi) is 5.37. The normalized spacial score (nSPS) is 17.8. The predicted octanol–water partition coefficient (Wildman–Crippen LogP) is 4.29. The van der Waals surface area contributed by atoms with Crippen LogP contribution in [0.4, 0.5) is 0 Å². The number of likely N-dealkylation sites (tertiary alicyclic amines) is 1. The first-order chi connectivity index (χ1) is 15.6. The molecule has 1 aromatic carbocycles. The van der Waals surface area contributed by atoms with Crippen molar-refractivity contribution in [3.63, 3.8) is 0 Å². The van der Waals surface area contributed by atoms with Crippen molar-refractivity contribution < 1.29 is 9.53 Å². The van der Waals surface area contributed by atoms with Gasteiger partial charge in [0, 0.05) is 43.2 Å². The molecule has 1 aliphatic heterocycles. The molecule has 2 fully saturated rings. The van der Waals surface area contributed by atoms with Crippen LogP contribution in [0.3, 0.4) is 0 Å². The summed E-state index contributed by atoms with van der Waals surface area (Å²) in [5, 5.41) is 0. The number of aryl methyl sites for hydroxylation is 1. The Hall–Kier alpha value is -3.28. The lowest BCUT2D eigenvalue weighted by Crippen LogP contribution is -2.43. The van der Waals surface area contributed by atoms with Gasteiger partial charge < -0.3 is 9.64 Å². The average molecular weight is 429 g/mol. The van der Waals surface area contributed by atoms with Crippen LogP contribution in [0.1, 0.15) is 48.7 Å². The molecule has 6 nitrogen and oxygen atoms in total. The van der Waals surface area contributed by atoms with Crippen LogP contribution in [0, 0.1) is 6.92 Å². The van der Waals surface area contributed by atoms with Gasteiger partial charge in [0.2, 0.25) is 5.91 Å². The van der Waals surface area contributed by atoms with Gasteiger partial charge in [-0.1, -0.05) is 12.1 Å². The molecule has 164 valence electrons. The molecule has 0 atom stereocenters. The molecule has 0 N–H and O–H groups in total. The molecule has 6 heteroatoms. The fourth-order valence-corrected chi connectivity index (χ4v) is 4.87. The SMILES string of the molecule is COc1ccc(C2(C(=O)N3CCC(c4nc(C)ncc4-c4ccncc4)CC3)CC2)cc1. The van der Waals surface area contributed by atoms with Crippen molar-refractivity contribution >= 4 is 5.91 Å². The van der Waals surface area contributed by atoms with E-state index in [1.54, 1.807) is 19.5 Å². The minimum absolute atomic E-state index is 0.273. The Morgan fingerprint density at radius 3 is 2.38 bits per heavy atom. The molecule has 2 aliphatic rings. The first-order valence-electron chi connectivity index (χ1n) is 11.3. The highest BCUT2D eigenvalue weighted by molar-refractivity contribution is 5.91. The number of hydrogen-bond acceptors (Lipinski definition) is 5. The summed E-state index contributed by atoms with van der Waals surface area (Å²) in [6, 6.07) is 12.0. The van der Waals surface area contributed by atoms with Gasteiger partial charge in [0.25, 0.3) is 0 Å². The Morgan fingerprint density at radius 1 is 1.06 bits per heavy atom. The lowest BCUT2D eigenvalue weighted by molar-refractivity contribution is -0.135. The Balaban J connectivity index is 1.32. The van der Waals surface area contributed by atoms with E-state index >= 15 is 0 Å². The fourth-order valence-electron chi connectivity index (χ4n) is 4.87. The van der Waals surface area contributed by atoms with E-state index in [0.717, 1.165) is 72.7 Å². The summed E-state index contributed by atoms with van der Waals surface area (Å²) in [7, 11) is 1.66. The van der Waals surface area contributed by atoms with Gasteiger partial charge >= 0.3 is 0 Å². The van der Waals surface area contributed by atoms with Crippen molar-refractivity contribution in [2.75, 3.05) is 20.2 Å². The van der Waals surface area contributed by atoms with Crippen molar-refractivity contribution in [2.24, 2.45) is 0 Å². The Labute approximate surface area is 188 Å². The summed E-state index contributed by atoms with van der Waals surface area (Å²) in [5.74, 6) is 2.20. The molecular formula is C26H28N4O2. The zero-order chi connectivity index (χ0) is 22.1. The molecule has 1 aliphatic carbocycles. The highest BCUT2D eigenvalue weighted by Crippen LogP contribution is 2.50. The number of nitrogens with zero attached hydrogens (tertiary/aromatic N) is 4. The average Bonchev–Trinajstić information content (AvgIpc) is 3.66. The minimum atomic E-state index is -0.340. The van der Waals surface area contributed by atoms with E-state index in [-0.39, 0.29) is 11.3 Å². The highest BCUT2D eigenvalue weighted by Gasteiger charge is 2.53. The first-order valence-corrected chi connectivity index (χ1v) is 11.3. The third-order valence-corrected chi connectivity index (χ3v) is 6.90. The number of aromatic nitrogens is 3. The van der Waals surface area contributed by atoms with Gasteiger partial charge in [0.1, 0.15) is 11.6 Å². The molecular weight excluding hydrogens is 400 g/mol. The third-order valence-electron chi connectivity index (χ3n) is 6.90. The van der Waals surface area contributed by atoms with Crippen molar-refractivity contribution in [1.29, 1.82) is 0 Å². The number of piperidine rings is 1. The molecule has 1 saturated carbocycles. The number of hydrogen-bond donors (Lipinski definition) is 0. The standard InChI is InChI=1S/C26H28N4O2/c1-18-28-17-23(19-7-13-27-14-8-19)24(29-18)20-9-15-30(16-10-20)25(31)26(11-12-26)21-3-5-22(32-2)6-4-21/h3-8,13-14,17,20H,9-12,15-16H2,1-2H3. The molecule has 3 heterocycles. The van der Waals surface area contributed by atoms with E-state index in [2.05, 4.69) is 14.9 Å². The Morgan fingerprint density at radius 2 is 1.75 bits per heavy atom. The number of carbonyl (C=O) groups excluding carboxylic acids is 1. The molecule has 0 bridgehead atoms. The van der Waals surface area contributed by atoms with E-state index in [0.29, 0.717) is 5.92 Å². The number of rotatable bonds is 5. The molecule has 0 radical (unpaired) electrons. The maximum absolute atomic E-state index is 13.5. The number of amides is 1. The van der Waals surface area contributed by atoms with Gasteiger partial charge in [0.15, 0.2) is 0 Å². The van der Waals surface area contributed by atoms with Crippen LogP contribution in [-0.2, 0) is 10.2 Å². The maximum Gasteiger partial charge on any atom is 0.233 e. The zero-order valence-corrected chi connectivity index (χ0v) is 18.6. The lowest BCUT2D eigenvalue weighted by Gasteiger charge is -2.35. The number of benzene rings is 1. The van der Waals surface area contributed by atoms with Gasteiger partial charge in [-0.2, -0.15) is 0 Å². The third kappa shape index (κ3) is 3.74. The molecule has 2 aromatic heterocycles. The number of ether oxygens (including phenoxy) is 1. The maximum atomic E-state index is 13.5. The zero-order valence-electron chi connectivity index (χ0n) is 18.6. The lowest BCUT2D eigenvalue weighted by atomic mass is 9.87. The van der Waals surface area contributed by atoms with Crippen molar-refractivity contribution in [1.82, 2.24) is 19.9 Å². The van der Waals surface area contributed by atoms with Crippen LogP contribution in [-0.4, -0.2) is 46.0 Å². The summed E-state index contributed by atoms with van der Waals surface area (Å²) < 4.78 is 5.27. The highest BCUT2D eigenvalue weighted by atomic mass is 16.5. The molecule has 0 unspecified atom stereocenters. The van der Waals surface area contributed by atoms with E-state index in [9.17, 15) is 4.79 Å². The summed E-state index contributed by atoms with van der Waals surface area (Å²) in [6.45, 7) is 3.46. The summed E-state index contributed by atoms with van der Waals surface area (Å²) >= 11 is 0. The number of methoxy groups -OCH3 is 1. The molecule has 32 heavy (non-hydrogen) atoms. The van der Waals surface area contributed by atoms with E-state index in [1.807, 2.05) is 49.5 Å². The van der Waals surface area contributed by atoms with Crippen LogP contribution >= 0.6 is 0 Å². The predicted molar refractivity (Wildman–Crippen MR) is 122 cm³/mol. The summed E-state index contributed by atoms with van der Waals surface area (Å²) in [5.41, 5.74) is 4.01. The van der Waals surface area contributed by atoms with Gasteiger partial charge in [-0.25, -0.2) is 9.97 Å². The van der Waals surface area contributed by atoms with Gasteiger partial charge in [-0.15, -0.1) is 0 Å². The Bertz CT molecular complexity index is 1100. The van der Waals surface area contributed by atoms with Crippen LogP contribution in [0.5, 0.6) is 5.75 Å². The van der Waals surface area contributed by atoms with Gasteiger partial charge in [0.05, 0.1) is 18.2 Å². The largest absolute Gasteiger partial charge is 0.497 e. The molecule has 1 amide bonds. The summed E-state index contributed by atoms with van der Waals surface area (Å²) in [4.78, 5) is 28.9. The number of pyridine rings is 1. The van der Waals surface area contributed by atoms with Crippen LogP contribution in [0.2, 0.25) is 0 Å². The van der Waals surface area contributed by atoms with Crippen molar-refractivity contribution in [3.8, 4) is 16.9 Å². The van der Waals surface area contributed by atoms with Crippen LogP contribution in [0.15, 0.2) is 55.0 Å². The second kappa shape index (κ2) is 8.34.